The zero-order valence-corrected chi connectivity index (χ0v) is 23.9. The van der Waals surface area contributed by atoms with Gasteiger partial charge in [0.1, 0.15) is 5.54 Å². The second-order valence-corrected chi connectivity index (χ2v) is 12.0. The third-order valence-corrected chi connectivity index (χ3v) is 9.37. The molecule has 0 N–H and O–H groups in total. The summed E-state index contributed by atoms with van der Waals surface area (Å²) >= 11 is 0. The van der Waals surface area contributed by atoms with E-state index in [4.69, 9.17) is 0 Å². The van der Waals surface area contributed by atoms with Crippen LogP contribution in [0.15, 0.2) is 157 Å². The van der Waals surface area contributed by atoms with Gasteiger partial charge in [-0.25, -0.2) is 12.7 Å². The van der Waals surface area contributed by atoms with Crippen LogP contribution in [0.1, 0.15) is 27.8 Å². The van der Waals surface area contributed by atoms with Gasteiger partial charge in [-0.05, 0) is 47.4 Å². The molecular formula is C37H29NO3S. The summed E-state index contributed by atoms with van der Waals surface area (Å²) < 4.78 is 30.6. The van der Waals surface area contributed by atoms with Crippen molar-refractivity contribution in [2.24, 2.45) is 0 Å². The lowest BCUT2D eigenvalue weighted by molar-refractivity contribution is -0.121. The van der Waals surface area contributed by atoms with Crippen LogP contribution in [0.4, 0.5) is 0 Å². The highest BCUT2D eigenvalue weighted by atomic mass is 32.2. The van der Waals surface area contributed by atoms with Crippen LogP contribution in [0.2, 0.25) is 0 Å². The molecule has 0 saturated heterocycles. The Bertz CT molecular complexity index is 1880. The van der Waals surface area contributed by atoms with Crippen LogP contribution in [0.5, 0.6) is 0 Å². The molecule has 5 heteroatoms. The second kappa shape index (κ2) is 11.1. The van der Waals surface area contributed by atoms with Crippen LogP contribution < -0.4 is 0 Å². The van der Waals surface area contributed by atoms with E-state index in [1.165, 1.54) is 0 Å². The van der Waals surface area contributed by atoms with Crippen molar-refractivity contribution in [3.05, 3.63) is 179 Å². The molecule has 1 atom stereocenters. The number of carbonyl (C=O) groups is 1. The van der Waals surface area contributed by atoms with Gasteiger partial charge in [0.25, 0.3) is 15.9 Å². The third kappa shape index (κ3) is 4.68. The Hall–Kier alpha value is -5.00. The Balaban J connectivity index is 1.76. The summed E-state index contributed by atoms with van der Waals surface area (Å²) in [6.45, 7) is 1.90. The minimum absolute atomic E-state index is 0.0524. The fourth-order valence-corrected chi connectivity index (χ4v) is 7.24. The van der Waals surface area contributed by atoms with E-state index >= 15 is 0 Å². The lowest BCUT2D eigenvalue weighted by Crippen LogP contribution is -2.47. The van der Waals surface area contributed by atoms with E-state index in [2.05, 4.69) is 0 Å². The summed E-state index contributed by atoms with van der Waals surface area (Å²) in [6.07, 6.45) is 3.76. The molecule has 5 aromatic carbocycles. The predicted molar refractivity (Wildman–Crippen MR) is 169 cm³/mol. The number of benzene rings is 5. The van der Waals surface area contributed by atoms with E-state index < -0.39 is 21.5 Å². The van der Waals surface area contributed by atoms with Crippen LogP contribution >= 0.6 is 0 Å². The molecule has 1 amide bonds. The Kier molecular flexibility index (Phi) is 7.19. The molecule has 0 aliphatic carbocycles. The van der Waals surface area contributed by atoms with Gasteiger partial charge in [-0.2, -0.15) is 0 Å². The number of hydrogen-bond donors (Lipinski definition) is 0. The molecule has 0 unspecified atom stereocenters. The minimum atomic E-state index is -4.36. The Morgan fingerprint density at radius 3 is 1.69 bits per heavy atom. The third-order valence-electron chi connectivity index (χ3n) is 7.56. The fraction of sp³-hybridized carbons (Fsp3) is 0.0541. The number of hydrogen-bond acceptors (Lipinski definition) is 3. The van der Waals surface area contributed by atoms with E-state index in [1.807, 2.05) is 140 Å². The summed E-state index contributed by atoms with van der Waals surface area (Å²) in [5, 5.41) is 0. The highest BCUT2D eigenvalue weighted by molar-refractivity contribution is 7.89. The van der Waals surface area contributed by atoms with Gasteiger partial charge in [-0.3, -0.25) is 4.79 Å². The molecule has 0 saturated carbocycles. The highest BCUT2D eigenvalue weighted by Gasteiger charge is 2.57. The van der Waals surface area contributed by atoms with Crippen LogP contribution in [0.3, 0.4) is 0 Å². The Morgan fingerprint density at radius 1 is 0.619 bits per heavy atom. The minimum Gasteiger partial charge on any atom is -0.268 e. The van der Waals surface area contributed by atoms with Crippen molar-refractivity contribution < 1.29 is 13.2 Å². The summed E-state index contributed by atoms with van der Waals surface area (Å²) in [4.78, 5) is 14.9. The maximum Gasteiger partial charge on any atom is 0.270 e. The Labute approximate surface area is 247 Å². The first-order valence-electron chi connectivity index (χ1n) is 13.7. The van der Waals surface area contributed by atoms with Crippen molar-refractivity contribution >= 4 is 33.2 Å². The maximum atomic E-state index is 14.8. The van der Waals surface area contributed by atoms with E-state index in [1.54, 1.807) is 24.3 Å². The molecule has 0 fully saturated rings. The van der Waals surface area contributed by atoms with Crippen molar-refractivity contribution in [3.8, 4) is 0 Å². The smallest absolute Gasteiger partial charge is 0.268 e. The first-order valence-corrected chi connectivity index (χ1v) is 15.2. The molecule has 206 valence electrons. The predicted octanol–water partition coefficient (Wildman–Crippen LogP) is 7.75. The van der Waals surface area contributed by atoms with E-state index in [-0.39, 0.29) is 4.90 Å². The van der Waals surface area contributed by atoms with E-state index in [9.17, 15) is 13.2 Å². The SMILES string of the molecule is Cc1ccc(S(=O)(=O)N2C(=O)C(c3ccccc3)=C(c3ccccc3)[C@]2(/C=C/c2ccccc2)c2ccccc2)cc1. The summed E-state index contributed by atoms with van der Waals surface area (Å²) in [5.41, 5.74) is 3.33. The molecule has 1 heterocycles. The van der Waals surface area contributed by atoms with Crippen molar-refractivity contribution in [2.45, 2.75) is 17.4 Å². The molecule has 1 aliphatic heterocycles. The fourth-order valence-electron chi connectivity index (χ4n) is 5.60. The standard InChI is InChI=1S/C37H29NO3S/c1-28-22-24-33(25-23-28)42(40,41)38-36(39)34(30-16-8-3-9-17-30)35(31-18-10-4-11-19-31)37(38,32-20-12-5-13-21-32)27-26-29-14-6-2-7-15-29/h2-27H,1H3/b27-26+/t37-/m0/s1. The van der Waals surface area contributed by atoms with Gasteiger partial charge in [0.05, 0.1) is 10.5 Å². The lowest BCUT2D eigenvalue weighted by Gasteiger charge is -2.38. The zero-order chi connectivity index (χ0) is 29.2. The zero-order valence-electron chi connectivity index (χ0n) is 23.1. The topological polar surface area (TPSA) is 54.5 Å². The van der Waals surface area contributed by atoms with E-state index in [0.29, 0.717) is 22.3 Å². The quantitative estimate of drug-likeness (QED) is 0.202. The van der Waals surface area contributed by atoms with Crippen molar-refractivity contribution in [1.82, 2.24) is 4.31 Å². The molecule has 0 radical (unpaired) electrons. The van der Waals surface area contributed by atoms with Crippen molar-refractivity contribution in [2.75, 3.05) is 0 Å². The van der Waals surface area contributed by atoms with Gasteiger partial charge in [0, 0.05) is 5.57 Å². The first-order chi connectivity index (χ1) is 20.4. The molecule has 1 aliphatic rings. The average molecular weight is 568 g/mol. The van der Waals surface area contributed by atoms with Crippen molar-refractivity contribution in [1.29, 1.82) is 0 Å². The lowest BCUT2D eigenvalue weighted by atomic mass is 9.78. The maximum absolute atomic E-state index is 14.8. The van der Waals surface area contributed by atoms with Gasteiger partial charge >= 0.3 is 0 Å². The number of nitrogens with zero attached hydrogens (tertiary/aromatic N) is 1. The van der Waals surface area contributed by atoms with Gasteiger partial charge in [-0.15, -0.1) is 0 Å². The number of carbonyl (C=O) groups excluding carboxylic acids is 1. The van der Waals surface area contributed by atoms with Crippen LogP contribution in [-0.2, 0) is 20.4 Å². The summed E-state index contributed by atoms with van der Waals surface area (Å²) in [5.74, 6) is -0.581. The molecule has 6 rings (SSSR count). The Morgan fingerprint density at radius 2 is 1.12 bits per heavy atom. The number of aryl methyl sites for hydroxylation is 1. The first kappa shape index (κ1) is 27.2. The molecular weight excluding hydrogens is 538 g/mol. The monoisotopic (exact) mass is 567 g/mol. The van der Waals surface area contributed by atoms with Crippen LogP contribution in [0.25, 0.3) is 17.2 Å². The van der Waals surface area contributed by atoms with Gasteiger partial charge in [0.2, 0.25) is 0 Å². The molecule has 42 heavy (non-hydrogen) atoms. The van der Waals surface area contributed by atoms with E-state index in [0.717, 1.165) is 21.0 Å². The number of amides is 1. The van der Waals surface area contributed by atoms with Gasteiger partial charge in [-0.1, -0.05) is 145 Å². The van der Waals surface area contributed by atoms with Crippen LogP contribution in [-0.4, -0.2) is 18.6 Å². The average Bonchev–Trinajstić information content (AvgIpc) is 3.31. The molecule has 0 aromatic heterocycles. The molecule has 0 bridgehead atoms. The largest absolute Gasteiger partial charge is 0.270 e. The van der Waals surface area contributed by atoms with Crippen LogP contribution in [0, 0.1) is 6.92 Å². The molecule has 0 spiro atoms. The summed E-state index contributed by atoms with van der Waals surface area (Å²) in [6, 6.07) is 44.6. The van der Waals surface area contributed by atoms with Gasteiger partial charge < -0.3 is 0 Å². The second-order valence-electron chi connectivity index (χ2n) is 10.2. The van der Waals surface area contributed by atoms with Gasteiger partial charge in [0.15, 0.2) is 0 Å². The van der Waals surface area contributed by atoms with Crippen molar-refractivity contribution in [3.63, 3.8) is 0 Å². The normalized spacial score (nSPS) is 17.3. The molecule has 5 aromatic rings. The number of rotatable bonds is 7. The summed E-state index contributed by atoms with van der Waals surface area (Å²) in [7, 11) is -4.36. The number of sulfonamides is 1. The molecule has 4 nitrogen and oxygen atoms in total. The highest BCUT2D eigenvalue weighted by Crippen LogP contribution is 2.54.